The topological polar surface area (TPSA) is 69.1 Å². The Labute approximate surface area is 61.1 Å². The van der Waals surface area contributed by atoms with Gasteiger partial charge in [-0.1, -0.05) is 26.8 Å². The molecule has 0 aromatic rings. The molecule has 0 radical (unpaired) electrons. The summed E-state index contributed by atoms with van der Waals surface area (Å²) in [6, 6.07) is 0. The zero-order chi connectivity index (χ0) is 8.36. The highest BCUT2D eigenvalue weighted by Gasteiger charge is 2.08. The number of hydrogen-bond acceptors (Lipinski definition) is 2. The Bertz CT molecular complexity index is 165. The minimum absolute atomic E-state index is 0.0842. The summed E-state index contributed by atoms with van der Waals surface area (Å²) >= 11 is 0. The average Bonchev–Trinajstić information content (AvgIpc) is 1.60. The SMILES string of the molecule is CC(C)(C)/C=C(\N)C(N)=O. The van der Waals surface area contributed by atoms with Crippen LogP contribution in [0, 0.1) is 5.41 Å². The molecule has 0 aromatic heterocycles. The summed E-state index contributed by atoms with van der Waals surface area (Å²) in [5.41, 5.74) is 10.2. The van der Waals surface area contributed by atoms with E-state index in [1.165, 1.54) is 0 Å². The summed E-state index contributed by atoms with van der Waals surface area (Å²) < 4.78 is 0. The van der Waals surface area contributed by atoms with Gasteiger partial charge in [0.15, 0.2) is 0 Å². The summed E-state index contributed by atoms with van der Waals surface area (Å²) in [7, 11) is 0. The van der Waals surface area contributed by atoms with Gasteiger partial charge in [-0.3, -0.25) is 4.79 Å². The van der Waals surface area contributed by atoms with Crippen LogP contribution in [0.25, 0.3) is 0 Å². The maximum absolute atomic E-state index is 10.4. The maximum atomic E-state index is 10.4. The number of primary amides is 1. The van der Waals surface area contributed by atoms with Crippen LogP contribution in [0.4, 0.5) is 0 Å². The molecule has 4 N–H and O–H groups in total. The molecule has 0 saturated carbocycles. The van der Waals surface area contributed by atoms with Gasteiger partial charge in [-0.25, -0.2) is 0 Å². The second kappa shape index (κ2) is 2.73. The lowest BCUT2D eigenvalue weighted by Gasteiger charge is -2.12. The Hall–Kier alpha value is -0.990. The van der Waals surface area contributed by atoms with Crippen LogP contribution in [0.3, 0.4) is 0 Å². The number of hydrogen-bond donors (Lipinski definition) is 2. The van der Waals surface area contributed by atoms with E-state index >= 15 is 0 Å². The lowest BCUT2D eigenvalue weighted by atomic mass is 9.95. The van der Waals surface area contributed by atoms with Crippen LogP contribution in [0.2, 0.25) is 0 Å². The molecule has 0 atom stereocenters. The Morgan fingerprint density at radius 2 is 1.70 bits per heavy atom. The van der Waals surface area contributed by atoms with Crippen molar-refractivity contribution >= 4 is 5.91 Å². The van der Waals surface area contributed by atoms with Gasteiger partial charge < -0.3 is 11.5 Å². The molecule has 0 aliphatic carbocycles. The van der Waals surface area contributed by atoms with Gasteiger partial charge in [-0.05, 0) is 5.41 Å². The molecule has 3 nitrogen and oxygen atoms in total. The fraction of sp³-hybridized carbons (Fsp3) is 0.571. The third kappa shape index (κ3) is 3.95. The van der Waals surface area contributed by atoms with E-state index < -0.39 is 5.91 Å². The smallest absolute Gasteiger partial charge is 0.264 e. The van der Waals surface area contributed by atoms with E-state index in [4.69, 9.17) is 11.5 Å². The predicted molar refractivity (Wildman–Crippen MR) is 40.9 cm³/mol. The molecule has 58 valence electrons. The summed E-state index contributed by atoms with van der Waals surface area (Å²) in [4.78, 5) is 10.4. The average molecular weight is 142 g/mol. The van der Waals surface area contributed by atoms with Gasteiger partial charge in [-0.2, -0.15) is 0 Å². The summed E-state index contributed by atoms with van der Waals surface area (Å²) in [6.07, 6.45) is 1.65. The first-order valence-electron chi connectivity index (χ1n) is 3.11. The third-order valence-electron chi connectivity index (χ3n) is 0.873. The van der Waals surface area contributed by atoms with Crippen LogP contribution in [-0.4, -0.2) is 5.91 Å². The highest BCUT2D eigenvalue weighted by Crippen LogP contribution is 2.15. The van der Waals surface area contributed by atoms with E-state index in [0.717, 1.165) is 0 Å². The van der Waals surface area contributed by atoms with Crippen molar-refractivity contribution in [1.82, 2.24) is 0 Å². The molecule has 0 aromatic carbocycles. The molecule has 0 spiro atoms. The number of rotatable bonds is 1. The van der Waals surface area contributed by atoms with E-state index in [9.17, 15) is 4.79 Å². The second-order valence-electron chi connectivity index (χ2n) is 3.33. The highest BCUT2D eigenvalue weighted by molar-refractivity contribution is 5.90. The Balaban J connectivity index is 4.32. The first-order valence-corrected chi connectivity index (χ1v) is 3.11. The van der Waals surface area contributed by atoms with Crippen molar-refractivity contribution in [1.29, 1.82) is 0 Å². The normalized spacial score (nSPS) is 13.3. The van der Waals surface area contributed by atoms with Crippen molar-refractivity contribution < 1.29 is 4.79 Å². The zero-order valence-corrected chi connectivity index (χ0v) is 6.64. The maximum Gasteiger partial charge on any atom is 0.264 e. The van der Waals surface area contributed by atoms with Gasteiger partial charge in [0.1, 0.15) is 0 Å². The standard InChI is InChI=1S/C7H14N2O/c1-7(2,3)4-5(8)6(9)10/h4H,8H2,1-3H3,(H2,9,10)/b5-4-. The summed E-state index contributed by atoms with van der Waals surface area (Å²) in [5.74, 6) is -0.560. The summed E-state index contributed by atoms with van der Waals surface area (Å²) in [5, 5.41) is 0. The van der Waals surface area contributed by atoms with Crippen molar-refractivity contribution in [3.8, 4) is 0 Å². The molecule has 0 bridgehead atoms. The number of carbonyl (C=O) groups excluding carboxylic acids is 1. The summed E-state index contributed by atoms with van der Waals surface area (Å²) in [6.45, 7) is 5.84. The quantitative estimate of drug-likeness (QED) is 0.519. The molecule has 10 heavy (non-hydrogen) atoms. The molecule has 0 heterocycles. The van der Waals surface area contributed by atoms with Gasteiger partial charge in [0.05, 0.1) is 5.70 Å². The van der Waals surface area contributed by atoms with E-state index in [0.29, 0.717) is 0 Å². The molecule has 0 rings (SSSR count). The van der Waals surface area contributed by atoms with Crippen LogP contribution in [0.15, 0.2) is 11.8 Å². The lowest BCUT2D eigenvalue weighted by Crippen LogP contribution is -2.22. The van der Waals surface area contributed by atoms with Crippen LogP contribution < -0.4 is 11.5 Å². The van der Waals surface area contributed by atoms with Gasteiger partial charge >= 0.3 is 0 Å². The van der Waals surface area contributed by atoms with Crippen molar-refractivity contribution in [2.24, 2.45) is 16.9 Å². The van der Waals surface area contributed by atoms with E-state index in [-0.39, 0.29) is 11.1 Å². The molecule has 0 saturated heterocycles. The number of allylic oxidation sites excluding steroid dienone is 1. The van der Waals surface area contributed by atoms with Crippen LogP contribution >= 0.6 is 0 Å². The van der Waals surface area contributed by atoms with Crippen molar-refractivity contribution in [2.45, 2.75) is 20.8 Å². The van der Waals surface area contributed by atoms with Crippen LogP contribution in [0.5, 0.6) is 0 Å². The fourth-order valence-corrected chi connectivity index (χ4v) is 0.538. The van der Waals surface area contributed by atoms with Gasteiger partial charge in [0, 0.05) is 0 Å². The van der Waals surface area contributed by atoms with E-state index in [2.05, 4.69) is 0 Å². The van der Waals surface area contributed by atoms with Gasteiger partial charge in [0.2, 0.25) is 0 Å². The van der Waals surface area contributed by atoms with Crippen molar-refractivity contribution in [3.63, 3.8) is 0 Å². The highest BCUT2D eigenvalue weighted by atomic mass is 16.1. The number of nitrogens with two attached hydrogens (primary N) is 2. The van der Waals surface area contributed by atoms with Crippen molar-refractivity contribution in [2.75, 3.05) is 0 Å². The van der Waals surface area contributed by atoms with Crippen LogP contribution in [0.1, 0.15) is 20.8 Å². The fourth-order valence-electron chi connectivity index (χ4n) is 0.538. The Morgan fingerprint density at radius 3 is 1.80 bits per heavy atom. The van der Waals surface area contributed by atoms with Crippen LogP contribution in [-0.2, 0) is 4.79 Å². The molecular formula is C7H14N2O. The molecule has 1 amide bonds. The minimum Gasteiger partial charge on any atom is -0.395 e. The van der Waals surface area contributed by atoms with Gasteiger partial charge in [-0.15, -0.1) is 0 Å². The first kappa shape index (κ1) is 9.01. The van der Waals surface area contributed by atoms with Crippen molar-refractivity contribution in [3.05, 3.63) is 11.8 Å². The predicted octanol–water partition coefficient (Wildman–Crippen LogP) is 0.360. The Kier molecular flexibility index (Phi) is 2.46. The Morgan fingerprint density at radius 1 is 1.30 bits per heavy atom. The molecule has 3 heteroatoms. The largest absolute Gasteiger partial charge is 0.395 e. The number of carbonyl (C=O) groups is 1. The third-order valence-corrected chi connectivity index (χ3v) is 0.873. The molecule has 0 fully saturated rings. The van der Waals surface area contributed by atoms with E-state index in [1.54, 1.807) is 6.08 Å². The van der Waals surface area contributed by atoms with Gasteiger partial charge in [0.25, 0.3) is 5.91 Å². The second-order valence-corrected chi connectivity index (χ2v) is 3.33. The zero-order valence-electron chi connectivity index (χ0n) is 6.64. The molecule has 0 aliphatic rings. The van der Waals surface area contributed by atoms with E-state index in [1.807, 2.05) is 20.8 Å². The molecular weight excluding hydrogens is 128 g/mol. The molecule has 0 aliphatic heterocycles. The first-order chi connectivity index (χ1) is 4.33. The minimum atomic E-state index is -0.560. The lowest BCUT2D eigenvalue weighted by molar-refractivity contribution is -0.114. The monoisotopic (exact) mass is 142 g/mol. The molecule has 0 unspecified atom stereocenters. The number of amides is 1.